The lowest BCUT2D eigenvalue weighted by Crippen LogP contribution is -2.26. The van der Waals surface area contributed by atoms with E-state index >= 15 is 0 Å². The second-order valence-corrected chi connectivity index (χ2v) is 6.49. The summed E-state index contributed by atoms with van der Waals surface area (Å²) >= 11 is 1.23. The first kappa shape index (κ1) is 17.0. The van der Waals surface area contributed by atoms with Crippen molar-refractivity contribution >= 4 is 28.9 Å². The van der Waals surface area contributed by atoms with Gasteiger partial charge in [0.05, 0.1) is 17.1 Å². The van der Waals surface area contributed by atoms with Crippen molar-refractivity contribution < 1.29 is 4.79 Å². The number of carbonyl (C=O) groups is 1. The van der Waals surface area contributed by atoms with Crippen molar-refractivity contribution in [1.29, 1.82) is 5.26 Å². The number of rotatable bonds is 5. The number of hydrogen-bond donors (Lipinski definition) is 1. The second-order valence-electron chi connectivity index (χ2n) is 5.55. The summed E-state index contributed by atoms with van der Waals surface area (Å²) < 4.78 is 0. The van der Waals surface area contributed by atoms with Gasteiger partial charge in [0.2, 0.25) is 5.16 Å². The summed E-state index contributed by atoms with van der Waals surface area (Å²) in [6, 6.07) is 9.88. The van der Waals surface area contributed by atoms with Crippen molar-refractivity contribution in [1.82, 2.24) is 15.2 Å². The number of benzene rings is 1. The van der Waals surface area contributed by atoms with E-state index in [4.69, 9.17) is 0 Å². The molecular weight excluding hydrogens is 336 g/mol. The number of aromatic nitrogens is 3. The molecule has 1 N–H and O–H groups in total. The predicted octanol–water partition coefficient (Wildman–Crippen LogP) is 2.35. The number of nitrogens with one attached hydrogen (secondary N) is 1. The molecule has 3 rings (SSSR count). The molecule has 0 fully saturated rings. The highest BCUT2D eigenvalue weighted by Crippen LogP contribution is 2.40. The number of anilines is 2. The van der Waals surface area contributed by atoms with Crippen LogP contribution in [0.2, 0.25) is 0 Å². The van der Waals surface area contributed by atoms with E-state index in [-0.39, 0.29) is 17.1 Å². The van der Waals surface area contributed by atoms with Crippen LogP contribution in [0.1, 0.15) is 12.7 Å². The molecule has 0 aliphatic carbocycles. The molecule has 0 spiro atoms. The fraction of sp³-hybridized carbons (Fsp3) is 0.294. The van der Waals surface area contributed by atoms with Gasteiger partial charge in [-0.25, -0.2) is 4.98 Å². The van der Waals surface area contributed by atoms with Gasteiger partial charge in [0, 0.05) is 20.5 Å². The lowest BCUT2D eigenvalue weighted by atomic mass is 10.2. The molecule has 0 atom stereocenters. The minimum absolute atomic E-state index is 0.116. The standard InChI is InChI=1S/C17H18N6OS/c1-4-15-19-17(21-20-15)25-10-14(24)11(9-18)16-22(2)12-7-5-6-8-13(12)23(16)3/h5-8H,4,10H2,1-3H3,(H,19,20,21). The molecule has 25 heavy (non-hydrogen) atoms. The van der Waals surface area contributed by atoms with Gasteiger partial charge in [0.1, 0.15) is 23.3 Å². The molecule has 0 bridgehead atoms. The van der Waals surface area contributed by atoms with Crippen LogP contribution in [-0.2, 0) is 11.2 Å². The molecular formula is C17H18N6OS. The number of aromatic amines is 1. The van der Waals surface area contributed by atoms with E-state index in [0.717, 1.165) is 23.6 Å². The molecule has 0 amide bonds. The maximum absolute atomic E-state index is 12.6. The number of hydrogen-bond acceptors (Lipinski definition) is 7. The summed E-state index contributed by atoms with van der Waals surface area (Å²) in [5.41, 5.74) is 2.07. The molecule has 2 heterocycles. The van der Waals surface area contributed by atoms with E-state index in [1.54, 1.807) is 0 Å². The van der Waals surface area contributed by atoms with Crippen molar-refractivity contribution in [3.05, 3.63) is 41.5 Å². The van der Waals surface area contributed by atoms with Crippen molar-refractivity contribution in [2.75, 3.05) is 29.6 Å². The van der Waals surface area contributed by atoms with Crippen LogP contribution in [-0.4, -0.2) is 40.8 Å². The third kappa shape index (κ3) is 3.10. The summed E-state index contributed by atoms with van der Waals surface area (Å²) in [6.45, 7) is 1.97. The van der Waals surface area contributed by atoms with Crippen LogP contribution in [0.4, 0.5) is 11.4 Å². The van der Waals surface area contributed by atoms with Crippen LogP contribution in [0.15, 0.2) is 40.8 Å². The number of nitrogens with zero attached hydrogens (tertiary/aromatic N) is 5. The van der Waals surface area contributed by atoms with E-state index in [1.807, 2.05) is 55.1 Å². The van der Waals surface area contributed by atoms with Gasteiger partial charge in [-0.1, -0.05) is 30.8 Å². The number of allylic oxidation sites excluding steroid dienone is 1. The van der Waals surface area contributed by atoms with Crippen molar-refractivity contribution in [2.24, 2.45) is 0 Å². The zero-order chi connectivity index (χ0) is 18.0. The number of para-hydroxylation sites is 2. The Balaban J connectivity index is 1.83. The number of carbonyl (C=O) groups excluding carboxylic acids is 1. The molecule has 7 nitrogen and oxygen atoms in total. The molecule has 128 valence electrons. The fourth-order valence-electron chi connectivity index (χ4n) is 2.76. The first-order chi connectivity index (χ1) is 12.1. The summed E-state index contributed by atoms with van der Waals surface area (Å²) in [4.78, 5) is 20.6. The van der Waals surface area contributed by atoms with Crippen LogP contribution >= 0.6 is 11.8 Å². The minimum Gasteiger partial charge on any atom is -0.328 e. The minimum atomic E-state index is -0.239. The molecule has 0 radical (unpaired) electrons. The Morgan fingerprint density at radius 2 is 1.92 bits per heavy atom. The van der Waals surface area contributed by atoms with Crippen LogP contribution in [0, 0.1) is 11.3 Å². The quantitative estimate of drug-likeness (QED) is 0.501. The first-order valence-electron chi connectivity index (χ1n) is 7.85. The number of aryl methyl sites for hydroxylation is 1. The fourth-order valence-corrected chi connectivity index (χ4v) is 3.45. The SMILES string of the molecule is CCc1nc(SCC(=O)C(C#N)=C2N(C)c3ccccc3N2C)n[nH]1. The Morgan fingerprint density at radius 1 is 1.28 bits per heavy atom. The molecule has 8 heteroatoms. The Labute approximate surface area is 150 Å². The van der Waals surface area contributed by atoms with Gasteiger partial charge in [-0.2, -0.15) is 5.26 Å². The highest BCUT2D eigenvalue weighted by atomic mass is 32.2. The largest absolute Gasteiger partial charge is 0.328 e. The third-order valence-corrected chi connectivity index (χ3v) is 4.88. The monoisotopic (exact) mass is 354 g/mol. The highest BCUT2D eigenvalue weighted by molar-refractivity contribution is 7.99. The predicted molar refractivity (Wildman–Crippen MR) is 97.4 cm³/mol. The van der Waals surface area contributed by atoms with Gasteiger partial charge in [-0.3, -0.25) is 9.89 Å². The maximum atomic E-state index is 12.6. The van der Waals surface area contributed by atoms with E-state index in [9.17, 15) is 10.1 Å². The van der Waals surface area contributed by atoms with Crippen LogP contribution in [0.25, 0.3) is 0 Å². The number of Topliss-reactive ketones (excluding diaryl/α,β-unsaturated/α-hetero) is 1. The normalized spacial score (nSPS) is 13.0. The van der Waals surface area contributed by atoms with E-state index in [1.165, 1.54) is 11.8 Å². The molecule has 2 aromatic rings. The van der Waals surface area contributed by atoms with Crippen molar-refractivity contribution in [2.45, 2.75) is 18.5 Å². The average Bonchev–Trinajstić information content (AvgIpc) is 3.19. The second kappa shape index (κ2) is 6.99. The summed E-state index contributed by atoms with van der Waals surface area (Å²) in [7, 11) is 3.72. The van der Waals surface area contributed by atoms with E-state index < -0.39 is 0 Å². The summed E-state index contributed by atoms with van der Waals surface area (Å²) in [5, 5.41) is 17.0. The van der Waals surface area contributed by atoms with Gasteiger partial charge >= 0.3 is 0 Å². The number of fused-ring (bicyclic) bond motifs is 1. The highest BCUT2D eigenvalue weighted by Gasteiger charge is 2.31. The number of ketones is 1. The lowest BCUT2D eigenvalue weighted by molar-refractivity contribution is -0.112. The zero-order valence-corrected chi connectivity index (χ0v) is 15.1. The molecule has 0 saturated heterocycles. The zero-order valence-electron chi connectivity index (χ0n) is 14.3. The number of thioether (sulfide) groups is 1. The lowest BCUT2D eigenvalue weighted by Gasteiger charge is -2.19. The summed E-state index contributed by atoms with van der Waals surface area (Å²) in [6.07, 6.45) is 0.753. The van der Waals surface area contributed by atoms with Crippen molar-refractivity contribution in [3.8, 4) is 6.07 Å². The molecule has 0 saturated carbocycles. The van der Waals surface area contributed by atoms with Crippen LogP contribution in [0.3, 0.4) is 0 Å². The molecule has 1 aromatic heterocycles. The van der Waals surface area contributed by atoms with Crippen LogP contribution < -0.4 is 9.80 Å². The Hall–Kier alpha value is -2.79. The van der Waals surface area contributed by atoms with Gasteiger partial charge in [-0.15, -0.1) is 5.10 Å². The van der Waals surface area contributed by atoms with Crippen LogP contribution in [0.5, 0.6) is 0 Å². The molecule has 1 aromatic carbocycles. The van der Waals surface area contributed by atoms with Gasteiger partial charge in [0.15, 0.2) is 5.78 Å². The Kier molecular flexibility index (Phi) is 4.76. The van der Waals surface area contributed by atoms with Gasteiger partial charge in [-0.05, 0) is 12.1 Å². The molecule has 1 aliphatic rings. The topological polar surface area (TPSA) is 88.9 Å². The first-order valence-corrected chi connectivity index (χ1v) is 8.83. The smallest absolute Gasteiger partial charge is 0.208 e. The Bertz CT molecular complexity index is 850. The maximum Gasteiger partial charge on any atom is 0.208 e. The third-order valence-electron chi connectivity index (χ3n) is 4.03. The number of H-pyrrole nitrogens is 1. The van der Waals surface area contributed by atoms with Crippen molar-refractivity contribution in [3.63, 3.8) is 0 Å². The van der Waals surface area contributed by atoms with Gasteiger partial charge < -0.3 is 9.80 Å². The van der Waals surface area contributed by atoms with Gasteiger partial charge in [0.25, 0.3) is 0 Å². The number of nitriles is 1. The summed E-state index contributed by atoms with van der Waals surface area (Å²) in [5.74, 6) is 1.25. The molecule has 1 aliphatic heterocycles. The average molecular weight is 354 g/mol. The molecule has 0 unspecified atom stereocenters. The van der Waals surface area contributed by atoms with E-state index in [2.05, 4.69) is 21.3 Å². The Morgan fingerprint density at radius 3 is 2.44 bits per heavy atom. The van der Waals surface area contributed by atoms with E-state index in [0.29, 0.717) is 11.0 Å².